The molecular formula is C16H18N2O6S. The topological polar surface area (TPSA) is 117 Å². The number of carbonyl (C=O) groups excluding carboxylic acids is 1. The standard InChI is InChI=1S/C16H18N2O6S/c1-22-13-9-15(24-3)14(23-2)8-12(13)16(19)18-10-4-6-11(7-5-10)25(17,20)21/h4-9H,1-3H3,(H,18,19)(H2,17,20,21). The molecule has 134 valence electrons. The smallest absolute Gasteiger partial charge is 0.259 e. The summed E-state index contributed by atoms with van der Waals surface area (Å²) in [5.74, 6) is 0.642. The molecule has 8 nitrogen and oxygen atoms in total. The summed E-state index contributed by atoms with van der Waals surface area (Å²) in [5.41, 5.74) is 0.630. The van der Waals surface area contributed by atoms with E-state index in [2.05, 4.69) is 5.32 Å². The van der Waals surface area contributed by atoms with E-state index >= 15 is 0 Å². The van der Waals surface area contributed by atoms with Gasteiger partial charge in [0.25, 0.3) is 5.91 Å². The van der Waals surface area contributed by atoms with Crippen LogP contribution in [0.2, 0.25) is 0 Å². The van der Waals surface area contributed by atoms with Gasteiger partial charge in [0.15, 0.2) is 11.5 Å². The van der Waals surface area contributed by atoms with E-state index in [0.29, 0.717) is 22.9 Å². The highest BCUT2D eigenvalue weighted by atomic mass is 32.2. The van der Waals surface area contributed by atoms with E-state index in [1.165, 1.54) is 57.7 Å². The van der Waals surface area contributed by atoms with Crippen LogP contribution >= 0.6 is 0 Å². The number of hydrogen-bond donors (Lipinski definition) is 2. The zero-order valence-corrected chi connectivity index (χ0v) is 14.7. The van der Waals surface area contributed by atoms with Crippen LogP contribution in [0.15, 0.2) is 41.3 Å². The summed E-state index contributed by atoms with van der Waals surface area (Å²) in [6, 6.07) is 8.51. The van der Waals surface area contributed by atoms with Crippen LogP contribution in [0.5, 0.6) is 17.2 Å². The largest absolute Gasteiger partial charge is 0.496 e. The van der Waals surface area contributed by atoms with Crippen LogP contribution in [-0.4, -0.2) is 35.7 Å². The van der Waals surface area contributed by atoms with Crippen LogP contribution < -0.4 is 24.7 Å². The molecule has 2 aromatic rings. The van der Waals surface area contributed by atoms with E-state index in [1.54, 1.807) is 0 Å². The summed E-state index contributed by atoms with van der Waals surface area (Å²) in [4.78, 5) is 12.5. The average molecular weight is 366 g/mol. The molecule has 1 amide bonds. The van der Waals surface area contributed by atoms with Gasteiger partial charge < -0.3 is 19.5 Å². The summed E-state index contributed by atoms with van der Waals surface area (Å²) < 4.78 is 38.1. The number of nitrogens with one attached hydrogen (secondary N) is 1. The minimum atomic E-state index is -3.79. The Kier molecular flexibility index (Phi) is 5.50. The maximum Gasteiger partial charge on any atom is 0.259 e. The Morgan fingerprint density at radius 3 is 1.92 bits per heavy atom. The van der Waals surface area contributed by atoms with Gasteiger partial charge in [0.1, 0.15) is 5.75 Å². The molecule has 0 radical (unpaired) electrons. The summed E-state index contributed by atoms with van der Waals surface area (Å²) in [6.07, 6.45) is 0. The molecule has 25 heavy (non-hydrogen) atoms. The number of benzene rings is 2. The molecule has 0 atom stereocenters. The summed E-state index contributed by atoms with van der Waals surface area (Å²) >= 11 is 0. The fourth-order valence-corrected chi connectivity index (χ4v) is 2.65. The van der Waals surface area contributed by atoms with Crippen molar-refractivity contribution in [3.8, 4) is 17.2 Å². The highest BCUT2D eigenvalue weighted by Crippen LogP contribution is 2.34. The Balaban J connectivity index is 2.31. The number of nitrogens with two attached hydrogens (primary N) is 1. The third kappa shape index (κ3) is 4.20. The van der Waals surface area contributed by atoms with Gasteiger partial charge >= 0.3 is 0 Å². The first kappa shape index (κ1) is 18.6. The van der Waals surface area contributed by atoms with E-state index in [9.17, 15) is 13.2 Å². The minimum Gasteiger partial charge on any atom is -0.496 e. The van der Waals surface area contributed by atoms with Crippen molar-refractivity contribution >= 4 is 21.6 Å². The normalized spacial score (nSPS) is 10.9. The van der Waals surface area contributed by atoms with Gasteiger partial charge in [-0.25, -0.2) is 13.6 Å². The number of carbonyl (C=O) groups is 1. The van der Waals surface area contributed by atoms with Gasteiger partial charge in [-0.2, -0.15) is 0 Å². The van der Waals surface area contributed by atoms with Crippen LogP contribution in [-0.2, 0) is 10.0 Å². The van der Waals surface area contributed by atoms with E-state index in [1.807, 2.05) is 0 Å². The Hall–Kier alpha value is -2.78. The van der Waals surface area contributed by atoms with Gasteiger partial charge in [0.2, 0.25) is 10.0 Å². The lowest BCUT2D eigenvalue weighted by atomic mass is 10.1. The number of hydrogen-bond acceptors (Lipinski definition) is 6. The molecule has 0 unspecified atom stereocenters. The molecule has 2 rings (SSSR count). The quantitative estimate of drug-likeness (QED) is 0.802. The maximum absolute atomic E-state index is 12.5. The van der Waals surface area contributed by atoms with Crippen LogP contribution in [0.1, 0.15) is 10.4 Å². The molecule has 0 saturated heterocycles. The number of rotatable bonds is 6. The molecule has 0 spiro atoms. The Morgan fingerprint density at radius 2 is 1.44 bits per heavy atom. The van der Waals surface area contributed by atoms with E-state index in [0.717, 1.165) is 0 Å². The van der Waals surface area contributed by atoms with E-state index in [-0.39, 0.29) is 10.5 Å². The van der Waals surface area contributed by atoms with Crippen molar-refractivity contribution in [2.24, 2.45) is 5.14 Å². The van der Waals surface area contributed by atoms with Crippen molar-refractivity contribution in [1.82, 2.24) is 0 Å². The predicted octanol–water partition coefficient (Wildman–Crippen LogP) is 1.61. The molecule has 2 aromatic carbocycles. The first-order chi connectivity index (χ1) is 11.8. The van der Waals surface area contributed by atoms with Crippen molar-refractivity contribution in [2.75, 3.05) is 26.6 Å². The zero-order valence-electron chi connectivity index (χ0n) is 13.9. The van der Waals surface area contributed by atoms with Crippen molar-refractivity contribution in [3.63, 3.8) is 0 Å². The zero-order chi connectivity index (χ0) is 18.6. The van der Waals surface area contributed by atoms with Crippen LogP contribution in [0.4, 0.5) is 5.69 Å². The predicted molar refractivity (Wildman–Crippen MR) is 91.9 cm³/mol. The molecule has 0 aliphatic heterocycles. The molecule has 0 saturated carbocycles. The Morgan fingerprint density at radius 1 is 0.920 bits per heavy atom. The second kappa shape index (κ2) is 7.41. The Labute approximate surface area is 145 Å². The highest BCUT2D eigenvalue weighted by molar-refractivity contribution is 7.89. The van der Waals surface area contributed by atoms with E-state index in [4.69, 9.17) is 19.3 Å². The molecule has 9 heteroatoms. The number of ether oxygens (including phenoxy) is 3. The van der Waals surface area contributed by atoms with Gasteiger partial charge in [-0.1, -0.05) is 0 Å². The molecule has 0 heterocycles. The minimum absolute atomic E-state index is 0.0470. The van der Waals surface area contributed by atoms with Gasteiger partial charge in [-0.05, 0) is 24.3 Å². The summed E-state index contributed by atoms with van der Waals surface area (Å²) in [7, 11) is 0.571. The van der Waals surface area contributed by atoms with Crippen molar-refractivity contribution < 1.29 is 27.4 Å². The first-order valence-corrected chi connectivity index (χ1v) is 8.59. The number of primary sulfonamides is 1. The van der Waals surface area contributed by atoms with Crippen LogP contribution in [0, 0.1) is 0 Å². The monoisotopic (exact) mass is 366 g/mol. The van der Waals surface area contributed by atoms with Crippen molar-refractivity contribution in [2.45, 2.75) is 4.90 Å². The summed E-state index contributed by atoms with van der Waals surface area (Å²) in [5, 5.41) is 7.69. The third-order valence-electron chi connectivity index (χ3n) is 3.39. The lowest BCUT2D eigenvalue weighted by molar-refractivity contribution is 0.102. The molecule has 3 N–H and O–H groups in total. The lowest BCUT2D eigenvalue weighted by Gasteiger charge is -2.14. The van der Waals surface area contributed by atoms with Gasteiger partial charge in [-0.15, -0.1) is 0 Å². The summed E-state index contributed by atoms with van der Waals surface area (Å²) in [6.45, 7) is 0. The molecule has 0 fully saturated rings. The lowest BCUT2D eigenvalue weighted by Crippen LogP contribution is -2.15. The fourth-order valence-electron chi connectivity index (χ4n) is 2.13. The Bertz CT molecular complexity index is 878. The first-order valence-electron chi connectivity index (χ1n) is 7.04. The highest BCUT2D eigenvalue weighted by Gasteiger charge is 2.18. The average Bonchev–Trinajstić information content (AvgIpc) is 2.60. The van der Waals surface area contributed by atoms with Crippen molar-refractivity contribution in [1.29, 1.82) is 0 Å². The second-order valence-corrected chi connectivity index (χ2v) is 6.49. The second-order valence-electron chi connectivity index (χ2n) is 4.93. The van der Waals surface area contributed by atoms with Crippen molar-refractivity contribution in [3.05, 3.63) is 42.0 Å². The van der Waals surface area contributed by atoms with E-state index < -0.39 is 15.9 Å². The molecule has 0 aliphatic rings. The molecule has 0 aromatic heterocycles. The SMILES string of the molecule is COc1cc(OC)c(C(=O)Nc2ccc(S(N)(=O)=O)cc2)cc1OC. The number of methoxy groups -OCH3 is 3. The van der Waals surface area contributed by atoms with Gasteiger partial charge in [0, 0.05) is 17.8 Å². The number of amides is 1. The third-order valence-corrected chi connectivity index (χ3v) is 4.32. The van der Waals surface area contributed by atoms with Gasteiger partial charge in [0.05, 0.1) is 31.8 Å². The fraction of sp³-hybridized carbons (Fsp3) is 0.188. The molecule has 0 bridgehead atoms. The number of sulfonamides is 1. The van der Waals surface area contributed by atoms with Crippen LogP contribution in [0.3, 0.4) is 0 Å². The number of anilines is 1. The van der Waals surface area contributed by atoms with Crippen LogP contribution in [0.25, 0.3) is 0 Å². The molecule has 0 aliphatic carbocycles. The van der Waals surface area contributed by atoms with Gasteiger partial charge in [-0.3, -0.25) is 4.79 Å². The maximum atomic E-state index is 12.5. The molecular weight excluding hydrogens is 348 g/mol.